The molecule has 2 N–H and O–H groups in total. The van der Waals surface area contributed by atoms with Gasteiger partial charge in [0.05, 0.1) is 0 Å². The maximum absolute atomic E-state index is 12.5. The summed E-state index contributed by atoms with van der Waals surface area (Å²) in [6.07, 6.45) is 0. The van der Waals surface area contributed by atoms with Crippen molar-refractivity contribution >= 4 is 61.0 Å². The summed E-state index contributed by atoms with van der Waals surface area (Å²) in [7, 11) is 0. The number of nitrogens with one attached hydrogen (secondary N) is 2. The van der Waals surface area contributed by atoms with Crippen LogP contribution in [0.4, 0.5) is 0 Å². The molecule has 1 radical (unpaired) electrons. The van der Waals surface area contributed by atoms with Crippen LogP contribution >= 0.6 is 11.6 Å². The van der Waals surface area contributed by atoms with Gasteiger partial charge in [-0.3, -0.25) is 4.79 Å². The second kappa shape index (κ2) is 9.89. The summed E-state index contributed by atoms with van der Waals surface area (Å²) in [5.74, 6) is 1.97. The van der Waals surface area contributed by atoms with Gasteiger partial charge < -0.3 is 9.97 Å². The van der Waals surface area contributed by atoms with E-state index in [1.807, 2.05) is 78.9 Å². The quantitative estimate of drug-likeness (QED) is 0.143. The minimum absolute atomic E-state index is 0. The molecule has 8 bridgehead atoms. The predicted octanol–water partition coefficient (Wildman–Crippen LogP) is 7.25. The molecule has 0 saturated carbocycles. The number of hydrogen-bond donors (Lipinski definition) is 2. The van der Waals surface area contributed by atoms with Crippen molar-refractivity contribution in [2.45, 2.75) is 0 Å². The molecule has 9 nitrogen and oxygen atoms in total. The molecule has 0 saturated heterocycles. The molecule has 7 aromatic rings. The van der Waals surface area contributed by atoms with Crippen LogP contribution in [0.1, 0.15) is 10.4 Å². The minimum atomic E-state index is -0.596. The molecular formula is C33H17ClCuN8O. The number of aromatic amines is 2. The molecule has 0 fully saturated rings. The van der Waals surface area contributed by atoms with Gasteiger partial charge in [-0.1, -0.05) is 84.9 Å². The molecule has 0 spiro atoms. The Bertz CT molecular complexity index is 2520. The molecule has 5 heterocycles. The van der Waals surface area contributed by atoms with E-state index in [0.29, 0.717) is 62.2 Å². The number of carbonyl (C=O) groups excluding carboxylic acids is 1. The van der Waals surface area contributed by atoms with Crippen molar-refractivity contribution in [3.8, 4) is 45.6 Å². The number of rotatable bonds is 1. The van der Waals surface area contributed by atoms with Gasteiger partial charge in [0.25, 0.3) is 5.24 Å². The van der Waals surface area contributed by atoms with Gasteiger partial charge in [0.15, 0.2) is 23.3 Å². The van der Waals surface area contributed by atoms with E-state index in [2.05, 4.69) is 9.97 Å². The van der Waals surface area contributed by atoms with E-state index in [1.54, 1.807) is 12.1 Å². The van der Waals surface area contributed by atoms with Gasteiger partial charge >= 0.3 is 0 Å². The topological polar surface area (TPSA) is 126 Å². The Balaban J connectivity index is 0.00000289. The van der Waals surface area contributed by atoms with Crippen LogP contribution in [-0.2, 0) is 17.1 Å². The van der Waals surface area contributed by atoms with Crippen molar-refractivity contribution in [2.75, 3.05) is 0 Å². The molecule has 2 aliphatic rings. The van der Waals surface area contributed by atoms with Crippen LogP contribution in [0.3, 0.4) is 0 Å². The first-order valence-corrected chi connectivity index (χ1v) is 13.9. The van der Waals surface area contributed by atoms with E-state index in [0.717, 1.165) is 33.0 Å². The second-order valence-electron chi connectivity index (χ2n) is 10.2. The van der Waals surface area contributed by atoms with E-state index in [-0.39, 0.29) is 17.1 Å². The molecule has 0 amide bonds. The average molecular weight is 641 g/mol. The van der Waals surface area contributed by atoms with Gasteiger partial charge in [-0.2, -0.15) is 0 Å². The monoisotopic (exact) mass is 639 g/mol. The van der Waals surface area contributed by atoms with E-state index >= 15 is 0 Å². The maximum Gasteiger partial charge on any atom is 0.253 e. The fourth-order valence-electron chi connectivity index (χ4n) is 5.85. The van der Waals surface area contributed by atoms with Crippen LogP contribution < -0.4 is 0 Å². The summed E-state index contributed by atoms with van der Waals surface area (Å²) >= 11 is 6.06. The molecular weight excluding hydrogens is 623 g/mol. The molecule has 0 aliphatic carbocycles. The van der Waals surface area contributed by atoms with E-state index in [9.17, 15) is 4.79 Å². The zero-order valence-electron chi connectivity index (χ0n) is 22.4. The summed E-state index contributed by atoms with van der Waals surface area (Å²) in [4.78, 5) is 48.9. The number of halogens is 1. The summed E-state index contributed by atoms with van der Waals surface area (Å²) in [5, 5.41) is 2.45. The number of hydrogen-bond acceptors (Lipinski definition) is 7. The Morgan fingerprint density at radius 2 is 0.864 bits per heavy atom. The molecule has 9 rings (SSSR count). The smallest absolute Gasteiger partial charge is 0.253 e. The van der Waals surface area contributed by atoms with E-state index in [4.69, 9.17) is 41.5 Å². The van der Waals surface area contributed by atoms with Crippen LogP contribution in [0.5, 0.6) is 0 Å². The number of benzene rings is 4. The number of nitrogens with zero attached hydrogens (tertiary/aromatic N) is 6. The Hall–Kier alpha value is -5.28. The van der Waals surface area contributed by atoms with Crippen molar-refractivity contribution in [1.82, 2.24) is 39.9 Å². The number of carbonyl (C=O) groups is 1. The number of H-pyrrole nitrogens is 2. The first-order valence-electron chi connectivity index (χ1n) is 13.6. The third-order valence-electron chi connectivity index (χ3n) is 7.79. The molecule has 213 valence electrons. The average Bonchev–Trinajstić information content (AvgIpc) is 3.76. The fourth-order valence-corrected chi connectivity index (χ4v) is 6.01. The standard InChI is InChI=1S/C33H17ClN8O.Cu/c34-25(43)22-14-7-15-23-24(22)33-41-31-21-13-6-5-12-20(21)29(39-31)37-27-17-9-2-1-8-16(17)26(35-27)36-28-18-10-3-4-11-19(18)30(38-28)40-32(23)42-33;/h1-15H,(H2,35,36,37,38,39,40,41,42);. The zero-order valence-corrected chi connectivity index (χ0v) is 24.1. The van der Waals surface area contributed by atoms with Gasteiger partial charge in [-0.15, -0.1) is 0 Å². The summed E-state index contributed by atoms with van der Waals surface area (Å²) in [5.41, 5.74) is 5.82. The van der Waals surface area contributed by atoms with Crippen molar-refractivity contribution in [1.29, 1.82) is 0 Å². The van der Waals surface area contributed by atoms with Gasteiger partial charge in [0, 0.05) is 66.4 Å². The van der Waals surface area contributed by atoms with Crippen LogP contribution in [0, 0.1) is 0 Å². The molecule has 0 atom stereocenters. The molecule has 11 heteroatoms. The SMILES string of the molecule is O=C(Cl)c1cccc2c3nc4nc(nc5[nH]c(nc6nc(nc([nH]3)c12)-c1ccccc1-6)c1ccccc51)-c1ccccc1-4.[Cu]. The van der Waals surface area contributed by atoms with Crippen molar-refractivity contribution < 1.29 is 21.9 Å². The Morgan fingerprint density at radius 1 is 0.477 bits per heavy atom. The first-order chi connectivity index (χ1) is 21.1. The molecule has 44 heavy (non-hydrogen) atoms. The predicted molar refractivity (Wildman–Crippen MR) is 166 cm³/mol. The van der Waals surface area contributed by atoms with Crippen molar-refractivity contribution in [3.63, 3.8) is 0 Å². The zero-order chi connectivity index (χ0) is 28.7. The largest absolute Gasteiger partial charge is 0.324 e. The number of aromatic nitrogens is 8. The number of fused-ring (bicyclic) bond motifs is 20. The Morgan fingerprint density at radius 3 is 1.34 bits per heavy atom. The third-order valence-corrected chi connectivity index (χ3v) is 7.99. The first kappa shape index (κ1) is 26.4. The maximum atomic E-state index is 12.5. The Labute approximate surface area is 264 Å². The normalized spacial score (nSPS) is 11.7. The van der Waals surface area contributed by atoms with Gasteiger partial charge in [-0.25, -0.2) is 29.9 Å². The van der Waals surface area contributed by atoms with Crippen LogP contribution in [-0.4, -0.2) is 45.1 Å². The van der Waals surface area contributed by atoms with E-state index < -0.39 is 5.24 Å². The van der Waals surface area contributed by atoms with Crippen LogP contribution in [0.2, 0.25) is 0 Å². The third kappa shape index (κ3) is 3.89. The van der Waals surface area contributed by atoms with Crippen molar-refractivity contribution in [2.24, 2.45) is 0 Å². The summed E-state index contributed by atoms with van der Waals surface area (Å²) in [6, 6.07) is 28.9. The van der Waals surface area contributed by atoms with Crippen molar-refractivity contribution in [3.05, 3.63) is 96.6 Å². The summed E-state index contributed by atoms with van der Waals surface area (Å²) < 4.78 is 0. The van der Waals surface area contributed by atoms with Crippen LogP contribution in [0.15, 0.2) is 91.0 Å². The molecule has 2 aliphatic heterocycles. The minimum Gasteiger partial charge on any atom is -0.324 e. The van der Waals surface area contributed by atoms with Gasteiger partial charge in [-0.05, 0) is 17.7 Å². The molecule has 0 unspecified atom stereocenters. The fraction of sp³-hybridized carbons (Fsp3) is 0. The second-order valence-corrected chi connectivity index (χ2v) is 10.6. The van der Waals surface area contributed by atoms with Gasteiger partial charge in [0.2, 0.25) is 0 Å². The molecule has 3 aromatic heterocycles. The summed E-state index contributed by atoms with van der Waals surface area (Å²) in [6.45, 7) is 0. The van der Waals surface area contributed by atoms with Crippen LogP contribution in [0.25, 0.3) is 89.7 Å². The van der Waals surface area contributed by atoms with Gasteiger partial charge in [0.1, 0.15) is 22.6 Å². The van der Waals surface area contributed by atoms with E-state index in [1.165, 1.54) is 0 Å². The Kier molecular flexibility index (Phi) is 5.92. The molecule has 4 aromatic carbocycles.